The molecule has 35 heavy (non-hydrogen) atoms. The van der Waals surface area contributed by atoms with Crippen molar-refractivity contribution in [2.24, 2.45) is 9.98 Å². The van der Waals surface area contributed by atoms with E-state index >= 15 is 0 Å². The summed E-state index contributed by atoms with van der Waals surface area (Å²) in [6.45, 7) is 2.66. The van der Waals surface area contributed by atoms with Gasteiger partial charge < -0.3 is 26.0 Å². The number of aromatic nitrogens is 1. The van der Waals surface area contributed by atoms with Crippen molar-refractivity contribution in [2.75, 3.05) is 32.0 Å². The van der Waals surface area contributed by atoms with Crippen LogP contribution in [0.4, 0.5) is 5.82 Å². The number of hydrogen-bond donors (Lipinski definition) is 5. The van der Waals surface area contributed by atoms with Crippen molar-refractivity contribution in [1.82, 2.24) is 20.5 Å². The molecule has 1 aliphatic carbocycles. The summed E-state index contributed by atoms with van der Waals surface area (Å²) < 4.78 is 0. The van der Waals surface area contributed by atoms with E-state index in [-0.39, 0.29) is 11.5 Å². The van der Waals surface area contributed by atoms with Crippen molar-refractivity contribution < 1.29 is 9.90 Å². The van der Waals surface area contributed by atoms with Gasteiger partial charge in [-0.05, 0) is 69.5 Å². The normalized spacial score (nSPS) is 19.2. The zero-order chi connectivity index (χ0) is 24.6. The average molecular weight is 481 g/mol. The van der Waals surface area contributed by atoms with Gasteiger partial charge in [0.05, 0.1) is 0 Å². The van der Waals surface area contributed by atoms with Crippen molar-refractivity contribution >= 4 is 29.7 Å². The number of nitrogens with one attached hydrogen (secondary N) is 4. The fourth-order valence-electron chi connectivity index (χ4n) is 4.52. The van der Waals surface area contributed by atoms with Crippen molar-refractivity contribution in [3.05, 3.63) is 35.3 Å². The van der Waals surface area contributed by atoms with Crippen LogP contribution in [-0.2, 0) is 17.6 Å². The number of hydrogen-bond acceptors (Lipinski definition) is 9. The highest BCUT2D eigenvalue weighted by atomic mass is 16.4. The summed E-state index contributed by atoms with van der Waals surface area (Å²) in [4.78, 5) is 27.3. The van der Waals surface area contributed by atoms with Crippen LogP contribution < -0.4 is 16.0 Å². The Hall–Kier alpha value is -3.27. The molecule has 10 heteroatoms. The smallest absolute Gasteiger partial charge is 0.326 e. The van der Waals surface area contributed by atoms with Crippen LogP contribution >= 0.6 is 0 Å². The van der Waals surface area contributed by atoms with Gasteiger partial charge in [-0.15, -0.1) is 0 Å². The molecular formula is C25H36N8O2. The maximum absolute atomic E-state index is 11.9. The summed E-state index contributed by atoms with van der Waals surface area (Å²) in [6.07, 6.45) is 11.1. The van der Waals surface area contributed by atoms with Gasteiger partial charge in [-0.1, -0.05) is 6.07 Å². The highest BCUT2D eigenvalue weighted by Gasteiger charge is 2.30. The first-order chi connectivity index (χ1) is 17.0. The number of carboxylic acid groups (broad SMARTS) is 1. The molecule has 0 spiro atoms. The van der Waals surface area contributed by atoms with Gasteiger partial charge in [-0.25, -0.2) is 19.8 Å². The second kappa shape index (κ2) is 11.9. The lowest BCUT2D eigenvalue weighted by molar-refractivity contribution is -0.139. The van der Waals surface area contributed by atoms with Gasteiger partial charge in [0.2, 0.25) is 0 Å². The predicted molar refractivity (Wildman–Crippen MR) is 139 cm³/mol. The van der Waals surface area contributed by atoms with Gasteiger partial charge in [0.1, 0.15) is 29.6 Å². The molecule has 1 atom stereocenters. The molecule has 1 fully saturated rings. The topological polar surface area (TPSA) is 138 Å². The number of rotatable bonds is 12. The third-order valence-electron chi connectivity index (χ3n) is 6.62. The maximum atomic E-state index is 11.9. The summed E-state index contributed by atoms with van der Waals surface area (Å²) in [5.74, 6) is 0.347. The molecule has 1 unspecified atom stereocenters. The zero-order valence-corrected chi connectivity index (χ0v) is 20.4. The summed E-state index contributed by atoms with van der Waals surface area (Å²) >= 11 is 0. The Morgan fingerprint density at radius 2 is 2.20 bits per heavy atom. The number of aryl methyl sites for hydroxylation is 2. The number of pyridine rings is 1. The quantitative estimate of drug-likeness (QED) is 0.289. The molecule has 0 bridgehead atoms. The molecule has 3 heterocycles. The minimum atomic E-state index is -0.940. The monoisotopic (exact) mass is 480 g/mol. The Morgan fingerprint density at radius 3 is 2.97 bits per heavy atom. The minimum absolute atomic E-state index is 0.0816. The Bertz CT molecular complexity index is 1010. The minimum Gasteiger partial charge on any atom is -0.480 e. The summed E-state index contributed by atoms with van der Waals surface area (Å²) in [7, 11) is 1.72. The van der Waals surface area contributed by atoms with E-state index in [4.69, 9.17) is 10.4 Å². The molecule has 1 aromatic heterocycles. The SMILES string of the molecule is CN/C=C1/N=CN=C(NC(CCN(CCCCc2ccc3c(n2)NCCC3)C2CC2)C(=O)O)C1=N. The van der Waals surface area contributed by atoms with E-state index in [1.807, 2.05) is 0 Å². The largest absolute Gasteiger partial charge is 0.480 e. The number of aliphatic imine (C=N–C) groups is 2. The molecule has 1 saturated carbocycles. The molecule has 2 aliphatic heterocycles. The van der Waals surface area contributed by atoms with Gasteiger partial charge in [0.15, 0.2) is 5.84 Å². The summed E-state index contributed by atoms with van der Waals surface area (Å²) in [6, 6.07) is 4.10. The second-order valence-electron chi connectivity index (χ2n) is 9.30. The molecule has 0 aromatic carbocycles. The van der Waals surface area contributed by atoms with Crippen LogP contribution in [0.1, 0.15) is 49.8 Å². The van der Waals surface area contributed by atoms with Crippen LogP contribution in [0.15, 0.2) is 34.0 Å². The van der Waals surface area contributed by atoms with Crippen LogP contribution in [0.3, 0.4) is 0 Å². The van der Waals surface area contributed by atoms with Crippen molar-refractivity contribution in [2.45, 2.75) is 63.5 Å². The highest BCUT2D eigenvalue weighted by molar-refractivity contribution is 6.48. The number of anilines is 1. The Labute approximate surface area is 206 Å². The molecule has 1 aromatic rings. The molecule has 10 nitrogen and oxygen atoms in total. The molecule has 0 radical (unpaired) electrons. The van der Waals surface area contributed by atoms with Gasteiger partial charge in [0.25, 0.3) is 0 Å². The summed E-state index contributed by atoms with van der Waals surface area (Å²) in [5, 5.41) is 27.2. The number of carbonyl (C=O) groups is 1. The van der Waals surface area contributed by atoms with E-state index < -0.39 is 12.0 Å². The van der Waals surface area contributed by atoms with Crippen molar-refractivity contribution in [1.29, 1.82) is 5.41 Å². The Kier molecular flexibility index (Phi) is 8.46. The average Bonchev–Trinajstić information content (AvgIpc) is 3.70. The van der Waals surface area contributed by atoms with Gasteiger partial charge in [-0.2, -0.15) is 0 Å². The van der Waals surface area contributed by atoms with E-state index in [0.717, 1.165) is 50.3 Å². The fourth-order valence-corrected chi connectivity index (χ4v) is 4.52. The molecule has 0 amide bonds. The number of nitrogens with zero attached hydrogens (tertiary/aromatic N) is 4. The van der Waals surface area contributed by atoms with Crippen LogP contribution in [0.25, 0.3) is 0 Å². The maximum Gasteiger partial charge on any atom is 0.326 e. The third-order valence-corrected chi connectivity index (χ3v) is 6.62. The number of unbranched alkanes of at least 4 members (excludes halogenated alkanes) is 1. The van der Waals surface area contributed by atoms with E-state index in [2.05, 4.69) is 43.0 Å². The van der Waals surface area contributed by atoms with Gasteiger partial charge >= 0.3 is 5.97 Å². The van der Waals surface area contributed by atoms with E-state index in [0.29, 0.717) is 24.7 Å². The third kappa shape index (κ3) is 6.88. The van der Waals surface area contributed by atoms with Gasteiger partial charge in [0, 0.05) is 38.1 Å². The lowest BCUT2D eigenvalue weighted by Crippen LogP contribution is -2.46. The first kappa shape index (κ1) is 24.8. The summed E-state index contributed by atoms with van der Waals surface area (Å²) in [5.41, 5.74) is 2.95. The predicted octanol–water partition coefficient (Wildman–Crippen LogP) is 2.18. The van der Waals surface area contributed by atoms with E-state index in [1.165, 1.54) is 31.2 Å². The van der Waals surface area contributed by atoms with Crippen LogP contribution in [-0.4, -0.2) is 77.6 Å². The lowest BCUT2D eigenvalue weighted by atomic mass is 10.1. The Morgan fingerprint density at radius 1 is 1.34 bits per heavy atom. The van der Waals surface area contributed by atoms with E-state index in [1.54, 1.807) is 13.2 Å². The molecule has 188 valence electrons. The molecule has 0 saturated heterocycles. The van der Waals surface area contributed by atoms with Crippen LogP contribution in [0, 0.1) is 5.41 Å². The standard InChI is InChI=1S/C25H36N8O2/c1-27-15-21-22(26)24(30-16-29-21)32-20(25(34)35)11-14-33(19-9-10-19)13-3-2-6-18-8-7-17-5-4-12-28-23(17)31-18/h7-8,15-16,19-20,26-27H,2-6,9-14H2,1H3,(H,28,31)(H,34,35)(H,29,30,32)/b21-15+,26-22?. The van der Waals surface area contributed by atoms with Crippen molar-refractivity contribution in [3.8, 4) is 0 Å². The molecule has 3 aliphatic rings. The zero-order valence-electron chi connectivity index (χ0n) is 20.4. The van der Waals surface area contributed by atoms with Crippen molar-refractivity contribution in [3.63, 3.8) is 0 Å². The highest BCUT2D eigenvalue weighted by Crippen LogP contribution is 2.27. The number of amidine groups is 1. The lowest BCUT2D eigenvalue weighted by Gasteiger charge is -2.25. The van der Waals surface area contributed by atoms with Gasteiger partial charge in [-0.3, -0.25) is 5.41 Å². The molecular weight excluding hydrogens is 444 g/mol. The van der Waals surface area contributed by atoms with Crippen LogP contribution in [0.5, 0.6) is 0 Å². The fraction of sp³-hybridized carbons (Fsp3) is 0.560. The number of aliphatic carboxylic acids is 1. The first-order valence-corrected chi connectivity index (χ1v) is 12.6. The second-order valence-corrected chi connectivity index (χ2v) is 9.30. The number of fused-ring (bicyclic) bond motifs is 1. The van der Waals surface area contributed by atoms with E-state index in [9.17, 15) is 9.90 Å². The van der Waals surface area contributed by atoms with Crippen LogP contribution in [0.2, 0.25) is 0 Å². The molecule has 5 N–H and O–H groups in total. The Balaban J connectivity index is 1.25. The number of carboxylic acids is 1. The molecule has 4 rings (SSSR count). The first-order valence-electron chi connectivity index (χ1n) is 12.6.